The van der Waals surface area contributed by atoms with Crippen molar-refractivity contribution in [1.82, 2.24) is 4.68 Å². The van der Waals surface area contributed by atoms with Crippen LogP contribution in [-0.4, -0.2) is 50.4 Å². The fraction of sp³-hybridized carbons (Fsp3) is 0.500. The number of halogens is 1. The molecule has 0 saturated carbocycles. The number of hydrogen-bond donors (Lipinski definition) is 0. The SMILES string of the molecule is CCOC(=O)c1cn2c(cc1=O)Bc1cc(Cl)c(OCCCOC)cc1C1CCC(C)(C)N12. The number of pyridine rings is 1. The molecule has 2 aromatic rings. The van der Waals surface area contributed by atoms with Gasteiger partial charge in [0.2, 0.25) is 7.28 Å². The summed E-state index contributed by atoms with van der Waals surface area (Å²) in [5.41, 5.74) is 2.55. The lowest BCUT2D eigenvalue weighted by molar-refractivity contribution is 0.0523. The van der Waals surface area contributed by atoms with E-state index in [1.807, 2.05) is 16.8 Å². The Hall–Kier alpha value is -2.45. The molecule has 1 aromatic carbocycles. The molecule has 176 valence electrons. The van der Waals surface area contributed by atoms with E-state index >= 15 is 0 Å². The van der Waals surface area contributed by atoms with E-state index in [9.17, 15) is 9.59 Å². The normalized spacial score (nSPS) is 18.0. The topological polar surface area (TPSA) is 70.0 Å². The third-order valence-corrected chi connectivity index (χ3v) is 6.75. The smallest absolute Gasteiger partial charge is 0.343 e. The van der Waals surface area contributed by atoms with Gasteiger partial charge in [-0.05, 0) is 57.4 Å². The number of nitrogens with zero attached hydrogens (tertiary/aromatic N) is 2. The minimum Gasteiger partial charge on any atom is -0.492 e. The van der Waals surface area contributed by atoms with Crippen LogP contribution in [0.1, 0.15) is 62.0 Å². The first-order chi connectivity index (χ1) is 15.8. The minimum absolute atomic E-state index is 0.0493. The predicted molar refractivity (Wildman–Crippen MR) is 131 cm³/mol. The molecule has 1 atom stereocenters. The third-order valence-electron chi connectivity index (χ3n) is 6.46. The molecule has 9 heteroatoms. The molecule has 33 heavy (non-hydrogen) atoms. The average molecular weight is 473 g/mol. The zero-order chi connectivity index (χ0) is 23.8. The molecular formula is C24H30BClN2O5. The fourth-order valence-electron chi connectivity index (χ4n) is 4.90. The van der Waals surface area contributed by atoms with Gasteiger partial charge in [0, 0.05) is 31.9 Å². The number of methoxy groups -OCH3 is 1. The van der Waals surface area contributed by atoms with Crippen LogP contribution in [-0.2, 0) is 9.47 Å². The Morgan fingerprint density at radius 2 is 2.06 bits per heavy atom. The van der Waals surface area contributed by atoms with E-state index in [0.29, 0.717) is 31.3 Å². The summed E-state index contributed by atoms with van der Waals surface area (Å²) in [6.45, 7) is 7.45. The van der Waals surface area contributed by atoms with Crippen LogP contribution in [0.25, 0.3) is 0 Å². The number of fused-ring (bicyclic) bond motifs is 5. The minimum atomic E-state index is -0.595. The maximum atomic E-state index is 12.8. The molecule has 1 saturated heterocycles. The molecule has 0 N–H and O–H groups in total. The summed E-state index contributed by atoms with van der Waals surface area (Å²) < 4.78 is 18.2. The van der Waals surface area contributed by atoms with Gasteiger partial charge >= 0.3 is 5.97 Å². The number of rotatable bonds is 7. The third kappa shape index (κ3) is 4.51. The highest BCUT2D eigenvalue weighted by molar-refractivity contribution is 6.67. The summed E-state index contributed by atoms with van der Waals surface area (Å²) >= 11 is 6.59. The van der Waals surface area contributed by atoms with Gasteiger partial charge in [-0.1, -0.05) is 17.1 Å². The quantitative estimate of drug-likeness (QED) is 0.349. The lowest BCUT2D eigenvalue weighted by Gasteiger charge is -2.40. The van der Waals surface area contributed by atoms with Gasteiger partial charge in [0.05, 0.1) is 29.8 Å². The Balaban J connectivity index is 1.80. The second-order valence-corrected chi connectivity index (χ2v) is 9.58. The van der Waals surface area contributed by atoms with Crippen molar-refractivity contribution < 1.29 is 19.0 Å². The van der Waals surface area contributed by atoms with Crippen LogP contribution in [0.3, 0.4) is 0 Å². The molecule has 1 aromatic heterocycles. The Morgan fingerprint density at radius 1 is 1.27 bits per heavy atom. The first kappa shape index (κ1) is 23.7. The van der Waals surface area contributed by atoms with Gasteiger partial charge in [-0.3, -0.25) is 9.47 Å². The van der Waals surface area contributed by atoms with E-state index in [1.54, 1.807) is 26.3 Å². The number of esters is 1. The second-order valence-electron chi connectivity index (χ2n) is 9.17. The maximum absolute atomic E-state index is 12.8. The molecule has 2 aliphatic rings. The van der Waals surface area contributed by atoms with Crippen LogP contribution < -0.4 is 26.2 Å². The second kappa shape index (κ2) is 9.43. The lowest BCUT2D eigenvalue weighted by Crippen LogP contribution is -2.52. The monoisotopic (exact) mass is 472 g/mol. The summed E-state index contributed by atoms with van der Waals surface area (Å²) in [5, 5.41) is 2.83. The van der Waals surface area contributed by atoms with Crippen molar-refractivity contribution in [2.75, 3.05) is 31.9 Å². The molecular weight excluding hydrogens is 443 g/mol. The summed E-state index contributed by atoms with van der Waals surface area (Å²) in [6.07, 6.45) is 4.32. The van der Waals surface area contributed by atoms with E-state index in [-0.39, 0.29) is 29.2 Å². The highest BCUT2D eigenvalue weighted by atomic mass is 35.5. The van der Waals surface area contributed by atoms with Crippen LogP contribution in [0.5, 0.6) is 5.75 Å². The summed E-state index contributed by atoms with van der Waals surface area (Å²) in [6, 6.07) is 5.61. The van der Waals surface area contributed by atoms with Crippen LogP contribution in [0.4, 0.5) is 0 Å². The first-order valence-electron chi connectivity index (χ1n) is 11.4. The average Bonchev–Trinajstić information content (AvgIpc) is 3.00. The predicted octanol–water partition coefficient (Wildman–Crippen LogP) is 2.05. The van der Waals surface area contributed by atoms with Crippen LogP contribution in [0, 0.1) is 0 Å². The first-order valence-corrected chi connectivity index (χ1v) is 11.8. The van der Waals surface area contributed by atoms with Crippen LogP contribution in [0.2, 0.25) is 5.02 Å². The number of aromatic nitrogens is 1. The molecule has 1 fully saturated rings. The van der Waals surface area contributed by atoms with Gasteiger partial charge in [-0.2, -0.15) is 0 Å². The Morgan fingerprint density at radius 3 is 2.79 bits per heavy atom. The Bertz CT molecular complexity index is 1120. The van der Waals surface area contributed by atoms with Crippen molar-refractivity contribution in [1.29, 1.82) is 0 Å². The summed E-state index contributed by atoms with van der Waals surface area (Å²) in [7, 11) is 2.20. The number of hydrogen-bond acceptors (Lipinski definition) is 6. The molecule has 3 heterocycles. The van der Waals surface area contributed by atoms with E-state index in [2.05, 4.69) is 18.9 Å². The van der Waals surface area contributed by atoms with Crippen molar-refractivity contribution in [3.63, 3.8) is 0 Å². The van der Waals surface area contributed by atoms with Crippen molar-refractivity contribution in [3.8, 4) is 5.75 Å². The van der Waals surface area contributed by atoms with Gasteiger partial charge in [0.1, 0.15) is 11.3 Å². The van der Waals surface area contributed by atoms with Crippen molar-refractivity contribution in [3.05, 3.63) is 50.8 Å². The molecule has 0 bridgehead atoms. The summed E-state index contributed by atoms with van der Waals surface area (Å²) in [5.74, 6) is 0.0618. The Kier molecular flexibility index (Phi) is 6.77. The van der Waals surface area contributed by atoms with Crippen LogP contribution in [0.15, 0.2) is 29.2 Å². The molecule has 1 unspecified atom stereocenters. The fourth-order valence-corrected chi connectivity index (χ4v) is 5.14. The van der Waals surface area contributed by atoms with Gasteiger partial charge in [-0.15, -0.1) is 0 Å². The standard InChI is InChI=1S/C24H30BClN2O5/c1-5-32-23(30)16-14-27-22(13-20(16)29)25-17-12-18(26)21(33-10-6-9-31-4)11-15(17)19-7-8-24(2,3)28(19)27/h11-14,19,25H,5-10H2,1-4H3. The number of ether oxygens (including phenoxy) is 3. The molecule has 0 amide bonds. The van der Waals surface area contributed by atoms with E-state index < -0.39 is 5.97 Å². The van der Waals surface area contributed by atoms with Crippen molar-refractivity contribution in [2.45, 2.75) is 51.6 Å². The van der Waals surface area contributed by atoms with Gasteiger partial charge in [-0.25, -0.2) is 4.79 Å². The van der Waals surface area contributed by atoms with E-state index in [4.69, 9.17) is 25.8 Å². The zero-order valence-corrected chi connectivity index (χ0v) is 20.4. The molecule has 2 aliphatic heterocycles. The number of benzene rings is 1. The zero-order valence-electron chi connectivity index (χ0n) is 19.7. The molecule has 0 spiro atoms. The largest absolute Gasteiger partial charge is 0.492 e. The molecule has 0 radical (unpaired) electrons. The number of carbonyl (C=O) groups is 1. The Labute approximate surface area is 199 Å². The van der Waals surface area contributed by atoms with E-state index in [0.717, 1.165) is 35.9 Å². The molecule has 0 aliphatic carbocycles. The van der Waals surface area contributed by atoms with Crippen LogP contribution >= 0.6 is 11.6 Å². The lowest BCUT2D eigenvalue weighted by atomic mass is 9.64. The summed E-state index contributed by atoms with van der Waals surface area (Å²) in [4.78, 5) is 25.2. The maximum Gasteiger partial charge on any atom is 0.343 e. The van der Waals surface area contributed by atoms with Gasteiger partial charge in [0.15, 0.2) is 5.43 Å². The number of carbonyl (C=O) groups excluding carboxylic acids is 1. The van der Waals surface area contributed by atoms with Crippen molar-refractivity contribution >= 4 is 35.9 Å². The molecule has 4 rings (SSSR count). The van der Waals surface area contributed by atoms with Crippen molar-refractivity contribution in [2.24, 2.45) is 0 Å². The highest BCUT2D eigenvalue weighted by Crippen LogP contribution is 2.42. The molecule has 7 nitrogen and oxygen atoms in total. The van der Waals surface area contributed by atoms with Gasteiger partial charge in [0.25, 0.3) is 0 Å². The highest BCUT2D eigenvalue weighted by Gasteiger charge is 2.44. The van der Waals surface area contributed by atoms with E-state index in [1.165, 1.54) is 0 Å². The van der Waals surface area contributed by atoms with Gasteiger partial charge < -0.3 is 19.2 Å².